The third-order valence-electron chi connectivity index (χ3n) is 2.82. The summed E-state index contributed by atoms with van der Waals surface area (Å²) in [6.45, 7) is 5.94. The van der Waals surface area contributed by atoms with E-state index in [1.165, 1.54) is 11.0 Å². The smallest absolute Gasteiger partial charge is 0.242 e. The van der Waals surface area contributed by atoms with Crippen LogP contribution in [0.4, 0.5) is 0 Å². The van der Waals surface area contributed by atoms with Crippen LogP contribution in [-0.4, -0.2) is 32.2 Å². The van der Waals surface area contributed by atoms with Gasteiger partial charge in [-0.05, 0) is 37.3 Å². The highest BCUT2D eigenvalue weighted by molar-refractivity contribution is 5.76. The van der Waals surface area contributed by atoms with Crippen molar-refractivity contribution >= 4 is 5.91 Å². The van der Waals surface area contributed by atoms with Gasteiger partial charge in [0.25, 0.3) is 0 Å². The molecule has 0 unspecified atom stereocenters. The van der Waals surface area contributed by atoms with Gasteiger partial charge in [0.05, 0.1) is 12.1 Å². The molecule has 7 heteroatoms. The van der Waals surface area contributed by atoms with Gasteiger partial charge < -0.3 is 10.1 Å². The molecule has 0 saturated carbocycles. The van der Waals surface area contributed by atoms with E-state index in [2.05, 4.69) is 20.8 Å². The predicted molar refractivity (Wildman–Crippen MR) is 76.6 cm³/mol. The number of hydrogen-bond donors (Lipinski definition) is 1. The van der Waals surface area contributed by atoms with Crippen LogP contribution in [0.1, 0.15) is 32.4 Å². The van der Waals surface area contributed by atoms with Crippen molar-refractivity contribution in [1.82, 2.24) is 25.5 Å². The van der Waals surface area contributed by atoms with Crippen LogP contribution in [0.5, 0.6) is 5.75 Å². The Morgan fingerprint density at radius 3 is 2.76 bits per heavy atom. The van der Waals surface area contributed by atoms with E-state index in [0.29, 0.717) is 0 Å². The molecule has 0 spiro atoms. The van der Waals surface area contributed by atoms with Gasteiger partial charge in [-0.2, -0.15) is 0 Å². The van der Waals surface area contributed by atoms with Gasteiger partial charge in [-0.1, -0.05) is 18.2 Å². The number of benzene rings is 1. The van der Waals surface area contributed by atoms with Crippen molar-refractivity contribution in [2.45, 2.75) is 39.5 Å². The van der Waals surface area contributed by atoms with Crippen molar-refractivity contribution in [3.05, 3.63) is 36.2 Å². The number of para-hydroxylation sites is 1. The summed E-state index contributed by atoms with van der Waals surface area (Å²) in [6.07, 6.45) is 1.48. The van der Waals surface area contributed by atoms with Crippen molar-refractivity contribution in [2.24, 2.45) is 0 Å². The average molecular weight is 289 g/mol. The number of carbonyl (C=O) groups is 1. The van der Waals surface area contributed by atoms with E-state index in [0.717, 1.165) is 11.3 Å². The van der Waals surface area contributed by atoms with Crippen molar-refractivity contribution in [2.75, 3.05) is 0 Å². The Bertz CT molecular complexity index is 583. The lowest BCUT2D eigenvalue weighted by Gasteiger charge is -2.19. The summed E-state index contributed by atoms with van der Waals surface area (Å²) in [4.78, 5) is 12.0. The number of nitrogens with zero attached hydrogens (tertiary/aromatic N) is 4. The molecule has 112 valence electrons. The van der Waals surface area contributed by atoms with Crippen molar-refractivity contribution in [3.8, 4) is 5.75 Å². The molecule has 1 amide bonds. The minimum absolute atomic E-state index is 0.0790. The molecular weight excluding hydrogens is 270 g/mol. The van der Waals surface area contributed by atoms with Crippen LogP contribution in [0.25, 0.3) is 0 Å². The highest BCUT2D eigenvalue weighted by Gasteiger charge is 2.15. The first-order chi connectivity index (χ1) is 10.1. The zero-order chi connectivity index (χ0) is 15.2. The van der Waals surface area contributed by atoms with E-state index in [1.807, 2.05) is 45.0 Å². The Balaban J connectivity index is 2.02. The van der Waals surface area contributed by atoms with Gasteiger partial charge in [-0.3, -0.25) is 4.79 Å². The summed E-state index contributed by atoms with van der Waals surface area (Å²) in [6, 6.07) is 7.52. The van der Waals surface area contributed by atoms with Gasteiger partial charge in [0.15, 0.2) is 0 Å². The lowest BCUT2D eigenvalue weighted by atomic mass is 10.1. The molecule has 0 aliphatic carbocycles. The van der Waals surface area contributed by atoms with Crippen LogP contribution in [0.3, 0.4) is 0 Å². The molecule has 0 radical (unpaired) electrons. The Hall–Kier alpha value is -2.44. The minimum atomic E-state index is -0.163. The lowest BCUT2D eigenvalue weighted by molar-refractivity contribution is -0.122. The van der Waals surface area contributed by atoms with Crippen LogP contribution in [0.2, 0.25) is 0 Å². The monoisotopic (exact) mass is 289 g/mol. The number of carbonyl (C=O) groups excluding carboxylic acids is 1. The van der Waals surface area contributed by atoms with Crippen LogP contribution < -0.4 is 10.1 Å². The molecule has 0 aliphatic rings. The quantitative estimate of drug-likeness (QED) is 0.867. The fraction of sp³-hybridized carbons (Fsp3) is 0.429. The van der Waals surface area contributed by atoms with Crippen molar-refractivity contribution in [1.29, 1.82) is 0 Å². The third kappa shape index (κ3) is 4.27. The van der Waals surface area contributed by atoms with E-state index < -0.39 is 0 Å². The molecule has 1 heterocycles. The molecule has 1 atom stereocenters. The Morgan fingerprint density at radius 2 is 2.10 bits per heavy atom. The number of rotatable bonds is 6. The predicted octanol–water partition coefficient (Wildman–Crippen LogP) is 1.34. The average Bonchev–Trinajstić information content (AvgIpc) is 2.91. The summed E-state index contributed by atoms with van der Waals surface area (Å²) in [5, 5.41) is 13.6. The zero-order valence-electron chi connectivity index (χ0n) is 12.4. The molecule has 1 N–H and O–H groups in total. The highest BCUT2D eigenvalue weighted by atomic mass is 16.5. The zero-order valence-corrected chi connectivity index (χ0v) is 12.4. The summed E-state index contributed by atoms with van der Waals surface area (Å²) >= 11 is 0. The van der Waals surface area contributed by atoms with Gasteiger partial charge in [0.2, 0.25) is 5.91 Å². The molecule has 7 nitrogen and oxygen atoms in total. The Labute approximate surface area is 123 Å². The lowest BCUT2D eigenvalue weighted by Crippen LogP contribution is -2.30. The van der Waals surface area contributed by atoms with Crippen molar-refractivity contribution < 1.29 is 9.53 Å². The number of ether oxygens (including phenoxy) is 1. The first kappa shape index (κ1) is 15.0. The van der Waals surface area contributed by atoms with E-state index in [9.17, 15) is 4.79 Å². The number of hydrogen-bond acceptors (Lipinski definition) is 5. The topological polar surface area (TPSA) is 81.9 Å². The standard InChI is InChI=1S/C14H19N5O2/c1-10(2)21-13-7-5-4-6-12(13)11(3)16-14(20)8-19-9-15-17-18-19/h4-7,9-11H,8H2,1-3H3,(H,16,20)/t11-/m0/s1. The highest BCUT2D eigenvalue weighted by Crippen LogP contribution is 2.25. The summed E-state index contributed by atoms with van der Waals surface area (Å²) in [5.41, 5.74) is 0.941. The van der Waals surface area contributed by atoms with Gasteiger partial charge in [0.1, 0.15) is 18.6 Å². The fourth-order valence-corrected chi connectivity index (χ4v) is 1.96. The maximum absolute atomic E-state index is 12.0. The van der Waals surface area contributed by atoms with E-state index in [1.54, 1.807) is 0 Å². The van der Waals surface area contributed by atoms with Crippen LogP contribution in [-0.2, 0) is 11.3 Å². The SMILES string of the molecule is CC(C)Oc1ccccc1[C@H](C)NC(=O)Cn1cnnn1. The van der Waals surface area contributed by atoms with E-state index in [-0.39, 0.29) is 24.6 Å². The molecule has 2 rings (SSSR count). The molecule has 0 aliphatic heterocycles. The first-order valence-corrected chi connectivity index (χ1v) is 6.82. The van der Waals surface area contributed by atoms with Gasteiger partial charge >= 0.3 is 0 Å². The Morgan fingerprint density at radius 1 is 1.33 bits per heavy atom. The number of tetrazole rings is 1. The second-order valence-electron chi connectivity index (χ2n) is 5.00. The van der Waals surface area contributed by atoms with Crippen molar-refractivity contribution in [3.63, 3.8) is 0 Å². The molecule has 0 saturated heterocycles. The van der Waals surface area contributed by atoms with E-state index >= 15 is 0 Å². The van der Waals surface area contributed by atoms with Crippen LogP contribution >= 0.6 is 0 Å². The summed E-state index contributed by atoms with van der Waals surface area (Å²) in [7, 11) is 0. The van der Waals surface area contributed by atoms with Crippen LogP contribution in [0.15, 0.2) is 30.6 Å². The molecule has 0 bridgehead atoms. The maximum atomic E-state index is 12.0. The maximum Gasteiger partial charge on any atom is 0.242 e. The molecule has 1 aromatic heterocycles. The molecule has 0 fully saturated rings. The molecule has 21 heavy (non-hydrogen) atoms. The van der Waals surface area contributed by atoms with Gasteiger partial charge in [0, 0.05) is 5.56 Å². The summed E-state index contributed by atoms with van der Waals surface area (Å²) < 4.78 is 7.14. The fourth-order valence-electron chi connectivity index (χ4n) is 1.96. The number of aromatic nitrogens is 4. The number of amides is 1. The van der Waals surface area contributed by atoms with Crippen LogP contribution in [0, 0.1) is 0 Å². The van der Waals surface area contributed by atoms with E-state index in [4.69, 9.17) is 4.74 Å². The minimum Gasteiger partial charge on any atom is -0.491 e. The largest absolute Gasteiger partial charge is 0.491 e. The normalized spacial score (nSPS) is 12.2. The van der Waals surface area contributed by atoms with Gasteiger partial charge in [-0.15, -0.1) is 5.10 Å². The number of nitrogens with one attached hydrogen (secondary N) is 1. The molecular formula is C14H19N5O2. The molecule has 2 aromatic rings. The third-order valence-corrected chi connectivity index (χ3v) is 2.82. The second-order valence-corrected chi connectivity index (χ2v) is 5.00. The Kier molecular flexibility index (Phi) is 4.86. The first-order valence-electron chi connectivity index (χ1n) is 6.82. The second kappa shape index (κ2) is 6.83. The van der Waals surface area contributed by atoms with Gasteiger partial charge in [-0.25, -0.2) is 4.68 Å². The molecule has 1 aromatic carbocycles. The summed E-state index contributed by atoms with van der Waals surface area (Å²) in [5.74, 6) is 0.622.